The standard InChI is InChI=1S/C16H14N2O2/c1-11-18-15(13-4-3-5-14(10-13)19-2)16(20-11)12-6-8-17-9-7-12/h3-10H,1-2H3. The molecule has 20 heavy (non-hydrogen) atoms. The monoisotopic (exact) mass is 266 g/mol. The van der Waals surface area contributed by atoms with E-state index in [0.717, 1.165) is 28.3 Å². The maximum atomic E-state index is 5.75. The number of benzene rings is 1. The van der Waals surface area contributed by atoms with Crippen molar-refractivity contribution >= 4 is 0 Å². The number of methoxy groups -OCH3 is 1. The van der Waals surface area contributed by atoms with E-state index >= 15 is 0 Å². The maximum Gasteiger partial charge on any atom is 0.192 e. The van der Waals surface area contributed by atoms with Crippen LogP contribution in [0.5, 0.6) is 5.75 Å². The highest BCUT2D eigenvalue weighted by Crippen LogP contribution is 2.33. The Balaban J connectivity index is 2.14. The predicted molar refractivity (Wildman–Crippen MR) is 76.5 cm³/mol. The molecule has 2 heterocycles. The molecule has 0 amide bonds. The number of hydrogen-bond donors (Lipinski definition) is 0. The van der Waals surface area contributed by atoms with Crippen LogP contribution >= 0.6 is 0 Å². The highest BCUT2D eigenvalue weighted by atomic mass is 16.5. The number of aromatic nitrogens is 2. The molecule has 100 valence electrons. The topological polar surface area (TPSA) is 48.2 Å². The van der Waals surface area contributed by atoms with Crippen LogP contribution in [0.4, 0.5) is 0 Å². The van der Waals surface area contributed by atoms with Gasteiger partial charge in [0.2, 0.25) is 0 Å². The third-order valence-electron chi connectivity index (χ3n) is 3.02. The molecule has 0 atom stereocenters. The van der Waals surface area contributed by atoms with Crippen LogP contribution in [0, 0.1) is 6.92 Å². The zero-order valence-corrected chi connectivity index (χ0v) is 11.3. The summed E-state index contributed by atoms with van der Waals surface area (Å²) >= 11 is 0. The highest BCUT2D eigenvalue weighted by Gasteiger charge is 2.15. The Labute approximate surface area is 117 Å². The van der Waals surface area contributed by atoms with Crippen molar-refractivity contribution in [1.29, 1.82) is 0 Å². The molecule has 0 aliphatic carbocycles. The minimum Gasteiger partial charge on any atom is -0.497 e. The summed E-state index contributed by atoms with van der Waals surface area (Å²) in [6, 6.07) is 11.6. The normalized spacial score (nSPS) is 10.5. The van der Waals surface area contributed by atoms with Gasteiger partial charge in [0.1, 0.15) is 11.4 Å². The molecule has 0 aliphatic rings. The molecule has 2 aromatic heterocycles. The fraction of sp³-hybridized carbons (Fsp3) is 0.125. The van der Waals surface area contributed by atoms with Crippen LogP contribution in [0.15, 0.2) is 53.2 Å². The summed E-state index contributed by atoms with van der Waals surface area (Å²) in [6.45, 7) is 1.84. The van der Waals surface area contributed by atoms with Crippen molar-refractivity contribution in [2.45, 2.75) is 6.92 Å². The highest BCUT2D eigenvalue weighted by molar-refractivity contribution is 5.77. The van der Waals surface area contributed by atoms with E-state index in [0.29, 0.717) is 5.89 Å². The van der Waals surface area contributed by atoms with Crippen LogP contribution < -0.4 is 4.74 Å². The molecule has 0 N–H and O–H groups in total. The molecular formula is C16H14N2O2. The molecule has 0 radical (unpaired) electrons. The van der Waals surface area contributed by atoms with Gasteiger partial charge in [-0.3, -0.25) is 4.98 Å². The molecule has 1 aromatic carbocycles. The van der Waals surface area contributed by atoms with E-state index < -0.39 is 0 Å². The van der Waals surface area contributed by atoms with Crippen LogP contribution in [0.3, 0.4) is 0 Å². The summed E-state index contributed by atoms with van der Waals surface area (Å²) in [6.07, 6.45) is 3.48. The fourth-order valence-corrected chi connectivity index (χ4v) is 2.09. The van der Waals surface area contributed by atoms with Crippen molar-refractivity contribution in [1.82, 2.24) is 9.97 Å². The average molecular weight is 266 g/mol. The van der Waals surface area contributed by atoms with E-state index in [4.69, 9.17) is 9.15 Å². The Morgan fingerprint density at radius 2 is 1.85 bits per heavy atom. The Hall–Kier alpha value is -2.62. The van der Waals surface area contributed by atoms with E-state index in [9.17, 15) is 0 Å². The van der Waals surface area contributed by atoms with Crippen LogP contribution in [0.25, 0.3) is 22.6 Å². The number of pyridine rings is 1. The van der Waals surface area contributed by atoms with Crippen LogP contribution in [-0.2, 0) is 0 Å². The fourth-order valence-electron chi connectivity index (χ4n) is 2.09. The second-order valence-electron chi connectivity index (χ2n) is 4.38. The lowest BCUT2D eigenvalue weighted by molar-refractivity contribution is 0.415. The van der Waals surface area contributed by atoms with Gasteiger partial charge in [-0.15, -0.1) is 0 Å². The molecule has 4 nitrogen and oxygen atoms in total. The van der Waals surface area contributed by atoms with Gasteiger partial charge in [-0.2, -0.15) is 0 Å². The number of nitrogens with zero attached hydrogens (tertiary/aromatic N) is 2. The van der Waals surface area contributed by atoms with Crippen molar-refractivity contribution in [3.05, 3.63) is 54.7 Å². The van der Waals surface area contributed by atoms with Gasteiger partial charge in [-0.1, -0.05) is 12.1 Å². The summed E-state index contributed by atoms with van der Waals surface area (Å²) < 4.78 is 11.0. The van der Waals surface area contributed by atoms with Crippen LogP contribution in [0.2, 0.25) is 0 Å². The van der Waals surface area contributed by atoms with Gasteiger partial charge in [-0.05, 0) is 24.3 Å². The first kappa shape index (κ1) is 12.4. The Morgan fingerprint density at radius 3 is 2.60 bits per heavy atom. The van der Waals surface area contributed by atoms with Crippen molar-refractivity contribution in [3.63, 3.8) is 0 Å². The van der Waals surface area contributed by atoms with Gasteiger partial charge >= 0.3 is 0 Å². The third-order valence-corrected chi connectivity index (χ3v) is 3.02. The molecule has 3 rings (SSSR count). The van der Waals surface area contributed by atoms with Gasteiger partial charge in [0, 0.05) is 30.4 Å². The maximum absolute atomic E-state index is 5.75. The van der Waals surface area contributed by atoms with Crippen LogP contribution in [-0.4, -0.2) is 17.1 Å². The Kier molecular flexibility index (Phi) is 3.21. The van der Waals surface area contributed by atoms with E-state index in [1.807, 2.05) is 43.3 Å². The van der Waals surface area contributed by atoms with Crippen LogP contribution in [0.1, 0.15) is 5.89 Å². The van der Waals surface area contributed by atoms with E-state index in [2.05, 4.69) is 9.97 Å². The quantitative estimate of drug-likeness (QED) is 0.725. The first-order chi connectivity index (χ1) is 9.78. The smallest absolute Gasteiger partial charge is 0.192 e. The number of oxazole rings is 1. The number of aryl methyl sites for hydroxylation is 1. The molecule has 4 heteroatoms. The minimum atomic E-state index is 0.634. The molecule has 0 aliphatic heterocycles. The van der Waals surface area contributed by atoms with E-state index in [1.165, 1.54) is 0 Å². The minimum absolute atomic E-state index is 0.634. The largest absolute Gasteiger partial charge is 0.497 e. The van der Waals surface area contributed by atoms with Gasteiger partial charge in [0.15, 0.2) is 11.7 Å². The molecule has 0 bridgehead atoms. The van der Waals surface area contributed by atoms with Gasteiger partial charge in [0.25, 0.3) is 0 Å². The molecular weight excluding hydrogens is 252 g/mol. The number of ether oxygens (including phenoxy) is 1. The summed E-state index contributed by atoms with van der Waals surface area (Å²) in [7, 11) is 1.65. The summed E-state index contributed by atoms with van der Waals surface area (Å²) in [5.74, 6) is 2.18. The molecule has 0 fully saturated rings. The zero-order valence-electron chi connectivity index (χ0n) is 11.3. The first-order valence-corrected chi connectivity index (χ1v) is 6.30. The van der Waals surface area contributed by atoms with Gasteiger partial charge in [-0.25, -0.2) is 4.98 Å². The number of rotatable bonds is 3. The molecule has 3 aromatic rings. The summed E-state index contributed by atoms with van der Waals surface area (Å²) in [4.78, 5) is 8.52. The second-order valence-corrected chi connectivity index (χ2v) is 4.38. The summed E-state index contributed by atoms with van der Waals surface area (Å²) in [5, 5.41) is 0. The molecule has 0 saturated heterocycles. The Bertz CT molecular complexity index is 720. The van der Waals surface area contributed by atoms with E-state index in [-0.39, 0.29) is 0 Å². The van der Waals surface area contributed by atoms with Crippen molar-refractivity contribution in [3.8, 4) is 28.3 Å². The lowest BCUT2D eigenvalue weighted by atomic mass is 10.1. The lowest BCUT2D eigenvalue weighted by Gasteiger charge is -2.04. The van der Waals surface area contributed by atoms with Crippen molar-refractivity contribution in [2.75, 3.05) is 7.11 Å². The first-order valence-electron chi connectivity index (χ1n) is 6.30. The molecule has 0 saturated carbocycles. The lowest BCUT2D eigenvalue weighted by Crippen LogP contribution is -1.86. The zero-order chi connectivity index (χ0) is 13.9. The van der Waals surface area contributed by atoms with Crippen molar-refractivity contribution in [2.24, 2.45) is 0 Å². The van der Waals surface area contributed by atoms with Gasteiger partial charge in [0.05, 0.1) is 7.11 Å². The molecule has 0 spiro atoms. The SMILES string of the molecule is COc1cccc(-c2nc(C)oc2-c2ccncc2)c1. The van der Waals surface area contributed by atoms with Gasteiger partial charge < -0.3 is 9.15 Å². The average Bonchev–Trinajstić information content (AvgIpc) is 2.90. The third kappa shape index (κ3) is 2.28. The summed E-state index contributed by atoms with van der Waals surface area (Å²) in [5.41, 5.74) is 2.74. The number of hydrogen-bond acceptors (Lipinski definition) is 4. The second kappa shape index (κ2) is 5.17. The predicted octanol–water partition coefficient (Wildman–Crippen LogP) is 3.72. The van der Waals surface area contributed by atoms with Crippen molar-refractivity contribution < 1.29 is 9.15 Å². The molecule has 0 unspecified atom stereocenters. The van der Waals surface area contributed by atoms with E-state index in [1.54, 1.807) is 19.5 Å². The Morgan fingerprint density at radius 1 is 1.05 bits per heavy atom.